The molecule has 0 amide bonds. The maximum Gasteiger partial charge on any atom is 0.344 e. The van der Waals surface area contributed by atoms with Crippen LogP contribution in [0.4, 0.5) is 11.4 Å². The quantitative estimate of drug-likeness (QED) is 0.469. The Morgan fingerprint density at radius 1 is 1.28 bits per heavy atom. The zero-order valence-corrected chi connectivity index (χ0v) is 13.6. The van der Waals surface area contributed by atoms with E-state index in [0.29, 0.717) is 22.7 Å². The van der Waals surface area contributed by atoms with Crippen LogP contribution < -0.4 is 9.47 Å². The van der Waals surface area contributed by atoms with Gasteiger partial charge >= 0.3 is 5.97 Å². The second kappa shape index (κ2) is 7.91. The molecule has 25 heavy (non-hydrogen) atoms. The number of nitro benzene ring substituents is 1. The number of methoxy groups -OCH3 is 1. The van der Waals surface area contributed by atoms with Crippen LogP contribution in [0.15, 0.2) is 47.5 Å². The van der Waals surface area contributed by atoms with E-state index in [1.165, 1.54) is 38.4 Å². The van der Waals surface area contributed by atoms with Crippen LogP contribution in [-0.4, -0.2) is 35.4 Å². The molecule has 2 aromatic carbocycles. The first-order chi connectivity index (χ1) is 11.9. The Kier molecular flexibility index (Phi) is 5.67. The Labute approximate surface area is 143 Å². The van der Waals surface area contributed by atoms with Crippen molar-refractivity contribution in [1.82, 2.24) is 0 Å². The lowest BCUT2D eigenvalue weighted by Crippen LogP contribution is -2.22. The summed E-state index contributed by atoms with van der Waals surface area (Å²) in [6.07, 6.45) is 0.569. The molecule has 0 aliphatic heterocycles. The third-order valence-electron chi connectivity index (χ3n) is 3.27. The van der Waals surface area contributed by atoms with E-state index in [0.717, 1.165) is 0 Å². The number of ether oxygens (including phenoxy) is 2. The van der Waals surface area contributed by atoms with E-state index in [2.05, 4.69) is 4.99 Å². The van der Waals surface area contributed by atoms with Crippen molar-refractivity contribution in [2.24, 2.45) is 4.99 Å². The van der Waals surface area contributed by atoms with Crippen molar-refractivity contribution in [3.63, 3.8) is 0 Å². The van der Waals surface area contributed by atoms with Crippen molar-refractivity contribution in [2.45, 2.75) is 13.0 Å². The normalized spacial score (nSPS) is 11.9. The monoisotopic (exact) mass is 344 g/mol. The van der Waals surface area contributed by atoms with Crippen LogP contribution in [-0.2, 0) is 4.79 Å². The number of carboxylic acids is 1. The number of non-ortho nitro benzene ring substituents is 1. The van der Waals surface area contributed by atoms with Gasteiger partial charge in [0.1, 0.15) is 17.2 Å². The lowest BCUT2D eigenvalue weighted by molar-refractivity contribution is -0.384. The molecule has 0 aliphatic rings. The van der Waals surface area contributed by atoms with Gasteiger partial charge in [0, 0.05) is 18.3 Å². The van der Waals surface area contributed by atoms with Gasteiger partial charge in [-0.1, -0.05) is 0 Å². The molecular formula is C17H16N2O6. The minimum absolute atomic E-state index is 0.0839. The van der Waals surface area contributed by atoms with Gasteiger partial charge in [-0.25, -0.2) is 4.79 Å². The van der Waals surface area contributed by atoms with Gasteiger partial charge in [-0.3, -0.25) is 15.1 Å². The zero-order chi connectivity index (χ0) is 18.4. The highest BCUT2D eigenvalue weighted by atomic mass is 16.6. The topological polar surface area (TPSA) is 111 Å². The Bertz CT molecular complexity index is 801. The van der Waals surface area contributed by atoms with Gasteiger partial charge in [-0.05, 0) is 42.8 Å². The van der Waals surface area contributed by atoms with Crippen LogP contribution in [0.2, 0.25) is 0 Å². The first-order valence-corrected chi connectivity index (χ1v) is 7.26. The predicted molar refractivity (Wildman–Crippen MR) is 91.1 cm³/mol. The smallest absolute Gasteiger partial charge is 0.344 e. The average Bonchev–Trinajstić information content (AvgIpc) is 2.60. The van der Waals surface area contributed by atoms with Crippen LogP contribution in [0.5, 0.6) is 11.5 Å². The number of carbonyl (C=O) groups is 1. The van der Waals surface area contributed by atoms with E-state index in [1.807, 2.05) is 0 Å². The fraction of sp³-hybridized carbons (Fsp3) is 0.176. The van der Waals surface area contributed by atoms with Crippen molar-refractivity contribution in [3.8, 4) is 11.5 Å². The highest BCUT2D eigenvalue weighted by Gasteiger charge is 2.12. The number of carboxylic acid groups (broad SMARTS) is 1. The van der Waals surface area contributed by atoms with Crippen molar-refractivity contribution in [3.05, 3.63) is 58.1 Å². The van der Waals surface area contributed by atoms with Crippen molar-refractivity contribution < 1.29 is 24.3 Å². The molecule has 1 N–H and O–H groups in total. The van der Waals surface area contributed by atoms with Crippen LogP contribution in [0.1, 0.15) is 12.5 Å². The molecule has 8 nitrogen and oxygen atoms in total. The fourth-order valence-electron chi connectivity index (χ4n) is 1.92. The summed E-state index contributed by atoms with van der Waals surface area (Å²) >= 11 is 0. The summed E-state index contributed by atoms with van der Waals surface area (Å²) in [7, 11) is 1.45. The number of benzene rings is 2. The van der Waals surface area contributed by atoms with Crippen LogP contribution in [0.3, 0.4) is 0 Å². The SMILES string of the molecule is COc1ccc([N+](=O)[O-])cc1N=Cc1ccc(O[C@H](C)C(=O)O)cc1. The number of hydrogen-bond acceptors (Lipinski definition) is 6. The van der Waals surface area contributed by atoms with Crippen LogP contribution >= 0.6 is 0 Å². The molecule has 0 heterocycles. The molecule has 130 valence electrons. The number of rotatable bonds is 7. The molecule has 0 fully saturated rings. The third kappa shape index (κ3) is 4.77. The summed E-state index contributed by atoms with van der Waals surface area (Å²) in [6.45, 7) is 1.44. The van der Waals surface area contributed by atoms with E-state index in [-0.39, 0.29) is 5.69 Å². The van der Waals surface area contributed by atoms with Crippen molar-refractivity contribution in [1.29, 1.82) is 0 Å². The van der Waals surface area contributed by atoms with E-state index < -0.39 is 17.0 Å². The van der Waals surface area contributed by atoms with Crippen molar-refractivity contribution >= 4 is 23.6 Å². The highest BCUT2D eigenvalue weighted by molar-refractivity contribution is 5.83. The van der Waals surface area contributed by atoms with Gasteiger partial charge in [0.25, 0.3) is 5.69 Å². The molecule has 0 aromatic heterocycles. The zero-order valence-electron chi connectivity index (χ0n) is 13.6. The van der Waals surface area contributed by atoms with E-state index in [9.17, 15) is 14.9 Å². The summed E-state index contributed by atoms with van der Waals surface area (Å²) in [5.74, 6) is -0.222. The highest BCUT2D eigenvalue weighted by Crippen LogP contribution is 2.31. The lowest BCUT2D eigenvalue weighted by atomic mass is 10.2. The maximum absolute atomic E-state index is 10.9. The fourth-order valence-corrected chi connectivity index (χ4v) is 1.92. The Hall–Kier alpha value is -3.42. The number of nitrogens with zero attached hydrogens (tertiary/aromatic N) is 2. The van der Waals surface area contributed by atoms with Gasteiger partial charge in [0.15, 0.2) is 6.10 Å². The van der Waals surface area contributed by atoms with Crippen LogP contribution in [0.25, 0.3) is 0 Å². The van der Waals surface area contributed by atoms with E-state index >= 15 is 0 Å². The third-order valence-corrected chi connectivity index (χ3v) is 3.27. The van der Waals surface area contributed by atoms with Gasteiger partial charge in [-0.2, -0.15) is 0 Å². The van der Waals surface area contributed by atoms with E-state index in [1.54, 1.807) is 24.3 Å². The first kappa shape index (κ1) is 17.9. The number of hydrogen-bond donors (Lipinski definition) is 1. The molecule has 0 saturated heterocycles. The van der Waals surface area contributed by atoms with Crippen molar-refractivity contribution in [2.75, 3.05) is 7.11 Å². The number of nitro groups is 1. The predicted octanol–water partition coefficient (Wildman–Crippen LogP) is 3.21. The Balaban J connectivity index is 2.17. The van der Waals surface area contributed by atoms with Gasteiger partial charge in [-0.15, -0.1) is 0 Å². The molecule has 1 atom stereocenters. The molecule has 2 rings (SSSR count). The number of aliphatic imine (C=N–C) groups is 1. The summed E-state index contributed by atoms with van der Waals surface area (Å²) < 4.78 is 10.4. The summed E-state index contributed by atoms with van der Waals surface area (Å²) in [4.78, 5) is 25.3. The molecule has 0 saturated carbocycles. The lowest BCUT2D eigenvalue weighted by Gasteiger charge is -2.10. The average molecular weight is 344 g/mol. The molecule has 8 heteroatoms. The van der Waals surface area contributed by atoms with Gasteiger partial charge in [0.05, 0.1) is 12.0 Å². The minimum Gasteiger partial charge on any atom is -0.494 e. The van der Waals surface area contributed by atoms with Gasteiger partial charge in [0.2, 0.25) is 0 Å². The standard InChI is InChI=1S/C17H16N2O6/c1-11(17(20)21)25-14-6-3-12(4-7-14)10-18-15-9-13(19(22)23)5-8-16(15)24-2/h3-11H,1-2H3,(H,20,21)/t11-/m1/s1. The molecule has 0 bridgehead atoms. The molecule has 0 unspecified atom stereocenters. The maximum atomic E-state index is 10.9. The molecule has 0 radical (unpaired) electrons. The molecule has 0 spiro atoms. The molecule has 2 aromatic rings. The molecular weight excluding hydrogens is 328 g/mol. The van der Waals surface area contributed by atoms with E-state index in [4.69, 9.17) is 14.6 Å². The summed E-state index contributed by atoms with van der Waals surface area (Å²) in [6, 6.07) is 10.8. The Morgan fingerprint density at radius 2 is 1.96 bits per heavy atom. The first-order valence-electron chi connectivity index (χ1n) is 7.26. The second-order valence-electron chi connectivity index (χ2n) is 5.04. The summed E-state index contributed by atoms with van der Waals surface area (Å²) in [5.41, 5.74) is 0.958. The van der Waals surface area contributed by atoms with Crippen LogP contribution in [0, 0.1) is 10.1 Å². The summed E-state index contributed by atoms with van der Waals surface area (Å²) in [5, 5.41) is 19.7. The molecule has 0 aliphatic carbocycles. The van der Waals surface area contributed by atoms with Gasteiger partial charge < -0.3 is 14.6 Å². The Morgan fingerprint density at radius 3 is 2.52 bits per heavy atom. The number of aliphatic carboxylic acids is 1. The second-order valence-corrected chi connectivity index (χ2v) is 5.04. The minimum atomic E-state index is -1.05. The largest absolute Gasteiger partial charge is 0.494 e.